The van der Waals surface area contributed by atoms with Crippen molar-refractivity contribution in [3.8, 4) is 0 Å². The Morgan fingerprint density at radius 1 is 0.333 bits per heavy atom. The highest BCUT2D eigenvalue weighted by molar-refractivity contribution is 5.71. The van der Waals surface area contributed by atoms with E-state index in [1.807, 2.05) is 0 Å². The van der Waals surface area contributed by atoms with Crippen LogP contribution < -0.4 is 0 Å². The molecule has 0 aliphatic heterocycles. The van der Waals surface area contributed by atoms with Gasteiger partial charge in [0.05, 0.1) is 0 Å². The summed E-state index contributed by atoms with van der Waals surface area (Å²) in [6.07, 6.45) is 67.0. The first kappa shape index (κ1) is 59.3. The Balaban J connectivity index is 4.30. The molecule has 6 nitrogen and oxygen atoms in total. The summed E-state index contributed by atoms with van der Waals surface area (Å²) in [6, 6.07) is 0. The van der Waals surface area contributed by atoms with Crippen LogP contribution in [0.4, 0.5) is 0 Å². The van der Waals surface area contributed by atoms with E-state index in [2.05, 4.69) is 118 Å². The molecule has 0 spiro atoms. The summed E-state index contributed by atoms with van der Waals surface area (Å²) in [5.41, 5.74) is 0. The lowest BCUT2D eigenvalue weighted by Crippen LogP contribution is -2.30. The SMILES string of the molecule is CC/C=C\C/C=C\C/C=C\C/C=C\C/C=C\C/C=C\CCCCCCC(=O)OCC(COC(=O)CCCCCCCC)OC(=O)CCCCCCC/C=C\C/C=C\CCCCCC. The Hall–Kier alpha value is -3.67. The van der Waals surface area contributed by atoms with E-state index in [1.165, 1.54) is 51.4 Å². The number of allylic oxidation sites excluding steroid dienone is 16. The van der Waals surface area contributed by atoms with Gasteiger partial charge in [-0.05, 0) is 103 Å². The molecule has 358 valence electrons. The maximum Gasteiger partial charge on any atom is 0.306 e. The first-order chi connectivity index (χ1) is 31.0. The Bertz CT molecular complexity index is 1280. The molecule has 0 bridgehead atoms. The van der Waals surface area contributed by atoms with Crippen molar-refractivity contribution in [2.24, 2.45) is 0 Å². The van der Waals surface area contributed by atoms with Crippen molar-refractivity contribution in [1.29, 1.82) is 0 Å². The molecule has 0 aliphatic carbocycles. The van der Waals surface area contributed by atoms with Crippen LogP contribution in [0.25, 0.3) is 0 Å². The minimum atomic E-state index is -0.793. The molecular weight excluding hydrogens is 781 g/mol. The Kier molecular flexibility index (Phi) is 48.0. The van der Waals surface area contributed by atoms with Gasteiger partial charge in [-0.1, -0.05) is 201 Å². The van der Waals surface area contributed by atoms with Gasteiger partial charge in [-0.3, -0.25) is 14.4 Å². The van der Waals surface area contributed by atoms with Crippen LogP contribution in [-0.2, 0) is 28.6 Å². The number of esters is 3. The lowest BCUT2D eigenvalue weighted by Gasteiger charge is -2.18. The van der Waals surface area contributed by atoms with Crippen molar-refractivity contribution in [1.82, 2.24) is 0 Å². The average molecular weight is 875 g/mol. The van der Waals surface area contributed by atoms with Gasteiger partial charge < -0.3 is 14.2 Å². The van der Waals surface area contributed by atoms with E-state index >= 15 is 0 Å². The lowest BCUT2D eigenvalue weighted by molar-refractivity contribution is -0.167. The molecule has 0 aromatic carbocycles. The van der Waals surface area contributed by atoms with E-state index in [4.69, 9.17) is 14.2 Å². The Labute approximate surface area is 387 Å². The molecule has 0 rings (SSSR count). The van der Waals surface area contributed by atoms with Crippen molar-refractivity contribution < 1.29 is 28.6 Å². The Morgan fingerprint density at radius 2 is 0.619 bits per heavy atom. The number of carbonyl (C=O) groups is 3. The third-order valence-corrected chi connectivity index (χ3v) is 10.6. The summed E-state index contributed by atoms with van der Waals surface area (Å²) in [5.74, 6) is -0.946. The molecule has 0 saturated heterocycles. The monoisotopic (exact) mass is 875 g/mol. The fourth-order valence-electron chi connectivity index (χ4n) is 6.71. The molecular formula is C57H94O6. The van der Waals surface area contributed by atoms with Gasteiger partial charge in [0, 0.05) is 19.3 Å². The predicted molar refractivity (Wildman–Crippen MR) is 270 cm³/mol. The number of unbranched alkanes of at least 4 members (excludes halogenated alkanes) is 18. The van der Waals surface area contributed by atoms with Crippen LogP contribution in [0.15, 0.2) is 97.2 Å². The third kappa shape index (κ3) is 49.2. The van der Waals surface area contributed by atoms with Gasteiger partial charge in [0.1, 0.15) is 13.2 Å². The van der Waals surface area contributed by atoms with Crippen LogP contribution in [0, 0.1) is 0 Å². The topological polar surface area (TPSA) is 78.9 Å². The molecule has 0 amide bonds. The smallest absolute Gasteiger partial charge is 0.306 e. The van der Waals surface area contributed by atoms with Gasteiger partial charge in [0.25, 0.3) is 0 Å². The molecule has 0 radical (unpaired) electrons. The zero-order valence-corrected chi connectivity index (χ0v) is 40.8. The molecule has 0 N–H and O–H groups in total. The summed E-state index contributed by atoms with van der Waals surface area (Å²) in [5, 5.41) is 0. The second-order valence-corrected chi connectivity index (χ2v) is 16.7. The molecule has 1 atom stereocenters. The highest BCUT2D eigenvalue weighted by Crippen LogP contribution is 2.13. The van der Waals surface area contributed by atoms with Gasteiger partial charge in [-0.15, -0.1) is 0 Å². The third-order valence-electron chi connectivity index (χ3n) is 10.6. The maximum atomic E-state index is 12.7. The van der Waals surface area contributed by atoms with Crippen molar-refractivity contribution in [3.05, 3.63) is 97.2 Å². The highest BCUT2D eigenvalue weighted by atomic mass is 16.6. The standard InChI is InChI=1S/C57H94O6/c1-4-7-10-13-16-18-20-22-24-26-27-28-29-30-31-32-34-35-37-39-41-44-47-50-56(59)62-53-54(52-61-55(58)49-46-43-15-12-9-6-3)63-57(60)51-48-45-42-40-38-36-33-25-23-21-19-17-14-11-8-5-2/h7,10,16,18-19,21-22,24-25,27-28,30-31,33-35,54H,4-6,8-9,11-15,17,20,23,26,29,32,36-53H2,1-3H3/b10-7-,18-16-,21-19-,24-22-,28-27-,31-30-,33-25-,35-34-. The maximum absolute atomic E-state index is 12.7. The van der Waals surface area contributed by atoms with E-state index in [1.54, 1.807) is 0 Å². The summed E-state index contributed by atoms with van der Waals surface area (Å²) >= 11 is 0. The molecule has 0 aromatic rings. The minimum absolute atomic E-state index is 0.0927. The van der Waals surface area contributed by atoms with Crippen LogP contribution in [0.5, 0.6) is 0 Å². The summed E-state index contributed by atoms with van der Waals surface area (Å²) < 4.78 is 16.7. The Morgan fingerprint density at radius 3 is 0.984 bits per heavy atom. The van der Waals surface area contributed by atoms with E-state index < -0.39 is 6.10 Å². The second kappa shape index (κ2) is 51.0. The predicted octanol–water partition coefficient (Wildman–Crippen LogP) is 17.0. The molecule has 63 heavy (non-hydrogen) atoms. The minimum Gasteiger partial charge on any atom is -0.462 e. The van der Waals surface area contributed by atoms with Crippen LogP contribution in [0.2, 0.25) is 0 Å². The first-order valence-corrected chi connectivity index (χ1v) is 25.7. The van der Waals surface area contributed by atoms with Crippen LogP contribution >= 0.6 is 0 Å². The zero-order valence-electron chi connectivity index (χ0n) is 40.8. The largest absolute Gasteiger partial charge is 0.462 e. The molecule has 1 unspecified atom stereocenters. The van der Waals surface area contributed by atoms with Gasteiger partial charge in [0.15, 0.2) is 6.10 Å². The van der Waals surface area contributed by atoms with E-state index in [9.17, 15) is 14.4 Å². The normalized spacial score (nSPS) is 12.9. The highest BCUT2D eigenvalue weighted by Gasteiger charge is 2.19. The van der Waals surface area contributed by atoms with Crippen LogP contribution in [0.3, 0.4) is 0 Å². The number of ether oxygens (including phenoxy) is 3. The summed E-state index contributed by atoms with van der Waals surface area (Å²) in [7, 11) is 0. The van der Waals surface area contributed by atoms with E-state index in [-0.39, 0.29) is 31.1 Å². The van der Waals surface area contributed by atoms with Gasteiger partial charge >= 0.3 is 17.9 Å². The van der Waals surface area contributed by atoms with Crippen LogP contribution in [-0.4, -0.2) is 37.2 Å². The quantitative estimate of drug-likeness (QED) is 0.0262. The number of hydrogen-bond acceptors (Lipinski definition) is 6. The number of carbonyl (C=O) groups excluding carboxylic acids is 3. The van der Waals surface area contributed by atoms with Crippen molar-refractivity contribution in [2.75, 3.05) is 13.2 Å². The fraction of sp³-hybridized carbons (Fsp3) is 0.667. The molecule has 0 saturated carbocycles. The molecule has 0 aliphatic rings. The van der Waals surface area contributed by atoms with Gasteiger partial charge in [-0.2, -0.15) is 0 Å². The molecule has 0 aromatic heterocycles. The van der Waals surface area contributed by atoms with E-state index in [0.29, 0.717) is 19.3 Å². The summed E-state index contributed by atoms with van der Waals surface area (Å²) in [4.78, 5) is 37.7. The number of rotatable bonds is 45. The zero-order chi connectivity index (χ0) is 45.8. The lowest BCUT2D eigenvalue weighted by atomic mass is 10.1. The second-order valence-electron chi connectivity index (χ2n) is 16.7. The average Bonchev–Trinajstić information content (AvgIpc) is 3.28. The fourth-order valence-corrected chi connectivity index (χ4v) is 6.71. The van der Waals surface area contributed by atoms with Crippen LogP contribution in [0.1, 0.15) is 226 Å². The van der Waals surface area contributed by atoms with E-state index in [0.717, 1.165) is 135 Å². The van der Waals surface area contributed by atoms with Crippen molar-refractivity contribution in [3.63, 3.8) is 0 Å². The number of hydrogen-bond donors (Lipinski definition) is 0. The van der Waals surface area contributed by atoms with Crippen molar-refractivity contribution in [2.45, 2.75) is 232 Å². The first-order valence-electron chi connectivity index (χ1n) is 25.7. The van der Waals surface area contributed by atoms with Crippen molar-refractivity contribution >= 4 is 17.9 Å². The molecule has 0 heterocycles. The molecule has 0 fully saturated rings. The summed E-state index contributed by atoms with van der Waals surface area (Å²) in [6.45, 7) is 6.40. The van der Waals surface area contributed by atoms with Gasteiger partial charge in [0.2, 0.25) is 0 Å². The molecule has 6 heteroatoms. The van der Waals surface area contributed by atoms with Gasteiger partial charge in [-0.25, -0.2) is 0 Å².